The van der Waals surface area contributed by atoms with E-state index in [0.29, 0.717) is 22.8 Å². The summed E-state index contributed by atoms with van der Waals surface area (Å²) in [6.07, 6.45) is 0. The predicted molar refractivity (Wildman–Crippen MR) is 105 cm³/mol. The van der Waals surface area contributed by atoms with Gasteiger partial charge in [-0.2, -0.15) is 5.26 Å². The van der Waals surface area contributed by atoms with E-state index in [0.717, 1.165) is 16.9 Å². The molecule has 0 unspecified atom stereocenters. The smallest absolute Gasteiger partial charge is 0.205 e. The molecule has 3 aromatic rings. The summed E-state index contributed by atoms with van der Waals surface area (Å²) < 4.78 is 16.9. The summed E-state index contributed by atoms with van der Waals surface area (Å²) in [5, 5.41) is 9.70. The van der Waals surface area contributed by atoms with Gasteiger partial charge in [0.2, 0.25) is 5.88 Å². The Kier molecular flexibility index (Phi) is 4.61. The van der Waals surface area contributed by atoms with Crippen molar-refractivity contribution in [2.45, 2.75) is 5.92 Å². The Morgan fingerprint density at radius 1 is 0.929 bits per heavy atom. The second-order valence-electron chi connectivity index (χ2n) is 6.32. The molecular weight excluding hydrogens is 352 g/mol. The van der Waals surface area contributed by atoms with Gasteiger partial charge in [-0.3, -0.25) is 0 Å². The first-order valence-electron chi connectivity index (χ1n) is 8.78. The highest BCUT2D eigenvalue weighted by molar-refractivity contribution is 5.57. The first-order valence-corrected chi connectivity index (χ1v) is 8.78. The van der Waals surface area contributed by atoms with Crippen LogP contribution in [0.1, 0.15) is 17.0 Å². The lowest BCUT2D eigenvalue weighted by atomic mass is 9.83. The standard InChI is InChI=1S/C23H18N2O3/c1-26-17-10-11-19-21(13-17)28-23(25)20(14-24)22(19)15-6-5-9-18(12-15)27-16-7-3-2-4-8-16/h2-13,22H,25H2,1H3/t22-/m1/s1. The Balaban J connectivity index is 1.77. The topological polar surface area (TPSA) is 77.5 Å². The number of allylic oxidation sites excluding steroid dienone is 1. The number of nitrogens with zero attached hydrogens (tertiary/aromatic N) is 1. The molecule has 5 nitrogen and oxygen atoms in total. The third kappa shape index (κ3) is 3.24. The fourth-order valence-corrected chi connectivity index (χ4v) is 3.29. The summed E-state index contributed by atoms with van der Waals surface area (Å²) in [7, 11) is 1.59. The molecule has 4 rings (SSSR count). The van der Waals surface area contributed by atoms with Crippen molar-refractivity contribution in [3.8, 4) is 29.1 Å². The SMILES string of the molecule is COc1ccc2c(c1)OC(N)=C(C#N)[C@@H]2c1cccc(Oc2ccccc2)c1. The van der Waals surface area contributed by atoms with Crippen LogP contribution in [0, 0.1) is 11.3 Å². The number of benzene rings is 3. The van der Waals surface area contributed by atoms with Gasteiger partial charge in [0.25, 0.3) is 0 Å². The fourth-order valence-electron chi connectivity index (χ4n) is 3.29. The molecule has 1 atom stereocenters. The lowest BCUT2D eigenvalue weighted by molar-refractivity contribution is 0.381. The number of para-hydroxylation sites is 1. The van der Waals surface area contributed by atoms with E-state index >= 15 is 0 Å². The maximum absolute atomic E-state index is 9.70. The minimum atomic E-state index is -0.348. The van der Waals surface area contributed by atoms with Gasteiger partial charge in [-0.05, 0) is 35.9 Å². The zero-order valence-electron chi connectivity index (χ0n) is 15.3. The van der Waals surface area contributed by atoms with Gasteiger partial charge in [0.05, 0.1) is 13.0 Å². The van der Waals surface area contributed by atoms with Gasteiger partial charge in [-0.15, -0.1) is 0 Å². The van der Waals surface area contributed by atoms with Crippen molar-refractivity contribution in [2.75, 3.05) is 7.11 Å². The highest BCUT2D eigenvalue weighted by Crippen LogP contribution is 2.44. The summed E-state index contributed by atoms with van der Waals surface area (Å²) in [5.41, 5.74) is 8.16. The highest BCUT2D eigenvalue weighted by atomic mass is 16.5. The molecule has 0 aromatic heterocycles. The van der Waals surface area contributed by atoms with Gasteiger partial charge < -0.3 is 19.9 Å². The number of hydrogen-bond donors (Lipinski definition) is 1. The third-order valence-corrected chi connectivity index (χ3v) is 4.60. The van der Waals surface area contributed by atoms with Crippen LogP contribution in [-0.2, 0) is 0 Å². The van der Waals surface area contributed by atoms with Crippen molar-refractivity contribution in [1.82, 2.24) is 0 Å². The molecule has 1 heterocycles. The molecule has 0 saturated heterocycles. The quantitative estimate of drug-likeness (QED) is 0.720. The van der Waals surface area contributed by atoms with E-state index in [-0.39, 0.29) is 11.8 Å². The number of fused-ring (bicyclic) bond motifs is 1. The molecule has 0 amide bonds. The first kappa shape index (κ1) is 17.5. The number of nitrogens with two attached hydrogens (primary N) is 1. The maximum Gasteiger partial charge on any atom is 0.205 e. The van der Waals surface area contributed by atoms with Crippen molar-refractivity contribution >= 4 is 0 Å². The monoisotopic (exact) mass is 370 g/mol. The predicted octanol–water partition coefficient (Wildman–Crippen LogP) is 4.71. The summed E-state index contributed by atoms with van der Waals surface area (Å²) in [4.78, 5) is 0. The minimum absolute atomic E-state index is 0.0997. The van der Waals surface area contributed by atoms with Crippen molar-refractivity contribution < 1.29 is 14.2 Å². The number of ether oxygens (including phenoxy) is 3. The van der Waals surface area contributed by atoms with Gasteiger partial charge >= 0.3 is 0 Å². The Bertz CT molecular complexity index is 1080. The number of rotatable bonds is 4. The Morgan fingerprint density at radius 3 is 2.46 bits per heavy atom. The second kappa shape index (κ2) is 7.37. The van der Waals surface area contributed by atoms with Gasteiger partial charge in [-0.25, -0.2) is 0 Å². The second-order valence-corrected chi connectivity index (χ2v) is 6.32. The fraction of sp³-hybridized carbons (Fsp3) is 0.0870. The molecule has 0 saturated carbocycles. The van der Waals surface area contributed by atoms with Crippen LogP contribution in [0.5, 0.6) is 23.0 Å². The summed E-state index contributed by atoms with van der Waals surface area (Å²) in [6.45, 7) is 0. The molecule has 0 bridgehead atoms. The van der Waals surface area contributed by atoms with E-state index in [4.69, 9.17) is 19.9 Å². The Labute approximate surface area is 163 Å². The molecule has 3 aromatic carbocycles. The normalized spacial score (nSPS) is 15.2. The lowest BCUT2D eigenvalue weighted by Gasteiger charge is -2.27. The average molecular weight is 370 g/mol. The van der Waals surface area contributed by atoms with E-state index in [1.54, 1.807) is 13.2 Å². The van der Waals surface area contributed by atoms with Crippen LogP contribution in [0.2, 0.25) is 0 Å². The molecule has 0 fully saturated rings. The molecular formula is C23H18N2O3. The van der Waals surface area contributed by atoms with Gasteiger partial charge in [0.1, 0.15) is 34.6 Å². The van der Waals surface area contributed by atoms with Crippen LogP contribution < -0.4 is 19.9 Å². The van der Waals surface area contributed by atoms with Crippen LogP contribution in [0.25, 0.3) is 0 Å². The van der Waals surface area contributed by atoms with Crippen molar-refractivity contribution in [2.24, 2.45) is 5.73 Å². The Morgan fingerprint density at radius 2 is 1.71 bits per heavy atom. The number of methoxy groups -OCH3 is 1. The Hall–Kier alpha value is -3.91. The van der Waals surface area contributed by atoms with E-state index in [1.807, 2.05) is 66.7 Å². The van der Waals surface area contributed by atoms with Gasteiger partial charge in [0.15, 0.2) is 0 Å². The van der Waals surface area contributed by atoms with Crippen molar-refractivity contribution in [3.05, 3.63) is 95.4 Å². The molecule has 0 radical (unpaired) electrons. The molecule has 1 aliphatic rings. The van der Waals surface area contributed by atoms with Crippen LogP contribution in [0.3, 0.4) is 0 Å². The molecule has 0 aliphatic carbocycles. The molecule has 0 spiro atoms. The first-order chi connectivity index (χ1) is 13.7. The zero-order valence-corrected chi connectivity index (χ0v) is 15.3. The van der Waals surface area contributed by atoms with E-state index in [9.17, 15) is 5.26 Å². The van der Waals surface area contributed by atoms with Crippen LogP contribution in [-0.4, -0.2) is 7.11 Å². The number of hydrogen-bond acceptors (Lipinski definition) is 5. The van der Waals surface area contributed by atoms with Crippen LogP contribution in [0.15, 0.2) is 84.3 Å². The highest BCUT2D eigenvalue weighted by Gasteiger charge is 2.31. The largest absolute Gasteiger partial charge is 0.497 e. The van der Waals surface area contributed by atoms with Gasteiger partial charge in [-0.1, -0.05) is 36.4 Å². The van der Waals surface area contributed by atoms with E-state index < -0.39 is 0 Å². The molecule has 28 heavy (non-hydrogen) atoms. The zero-order chi connectivity index (χ0) is 19.5. The van der Waals surface area contributed by atoms with Crippen LogP contribution >= 0.6 is 0 Å². The average Bonchev–Trinajstić information content (AvgIpc) is 2.73. The third-order valence-electron chi connectivity index (χ3n) is 4.60. The maximum atomic E-state index is 9.70. The molecule has 1 aliphatic heterocycles. The van der Waals surface area contributed by atoms with E-state index in [2.05, 4.69) is 6.07 Å². The summed E-state index contributed by atoms with van der Waals surface area (Å²) in [5.74, 6) is 2.41. The van der Waals surface area contributed by atoms with E-state index in [1.165, 1.54) is 0 Å². The van der Waals surface area contributed by atoms with Crippen molar-refractivity contribution in [3.63, 3.8) is 0 Å². The summed E-state index contributed by atoms with van der Waals surface area (Å²) >= 11 is 0. The number of nitriles is 1. The molecule has 138 valence electrons. The minimum Gasteiger partial charge on any atom is -0.497 e. The molecule has 5 heteroatoms. The van der Waals surface area contributed by atoms with Crippen molar-refractivity contribution in [1.29, 1.82) is 5.26 Å². The van der Waals surface area contributed by atoms with Gasteiger partial charge in [0, 0.05) is 11.6 Å². The lowest BCUT2D eigenvalue weighted by Crippen LogP contribution is -2.21. The van der Waals surface area contributed by atoms with Crippen LogP contribution in [0.4, 0.5) is 0 Å². The summed E-state index contributed by atoms with van der Waals surface area (Å²) in [6, 6.07) is 24.9. The molecule has 2 N–H and O–H groups in total.